The molecule has 0 aliphatic rings. The van der Waals surface area contributed by atoms with Gasteiger partial charge in [-0.15, -0.1) is 0 Å². The van der Waals surface area contributed by atoms with Crippen LogP contribution in [0, 0.1) is 18.7 Å². The average Bonchev–Trinajstić information content (AvgIpc) is 2.30. The highest BCUT2D eigenvalue weighted by Gasteiger charge is 2.08. The standard InChI is InChI=1S/C12H14ClFN2O2/c1-7(2)11(13)16-18-12(17)15-10-6-9(14)5-4-8(10)3/h4-7H,1-3H3,(H,15,17)/b16-11-. The number of anilines is 1. The van der Waals surface area contributed by atoms with Crippen molar-refractivity contribution in [3.63, 3.8) is 0 Å². The lowest BCUT2D eigenvalue weighted by molar-refractivity contribution is 0.166. The van der Waals surface area contributed by atoms with E-state index in [2.05, 4.69) is 15.3 Å². The Morgan fingerprint density at radius 1 is 1.50 bits per heavy atom. The van der Waals surface area contributed by atoms with Gasteiger partial charge in [0.25, 0.3) is 0 Å². The Kier molecular flexibility index (Phi) is 5.09. The van der Waals surface area contributed by atoms with Crippen LogP contribution in [0.3, 0.4) is 0 Å². The number of hydrogen-bond donors (Lipinski definition) is 1. The molecule has 1 aromatic carbocycles. The van der Waals surface area contributed by atoms with E-state index in [1.165, 1.54) is 12.1 Å². The number of halogens is 2. The fourth-order valence-electron chi connectivity index (χ4n) is 1.05. The molecule has 0 spiro atoms. The summed E-state index contributed by atoms with van der Waals surface area (Å²) in [6.45, 7) is 5.35. The summed E-state index contributed by atoms with van der Waals surface area (Å²) in [5.41, 5.74) is 1.04. The van der Waals surface area contributed by atoms with Crippen molar-refractivity contribution in [1.29, 1.82) is 0 Å². The van der Waals surface area contributed by atoms with Crippen LogP contribution in [-0.2, 0) is 4.84 Å². The smallest absolute Gasteiger partial charge is 0.297 e. The molecule has 0 aliphatic carbocycles. The van der Waals surface area contributed by atoms with E-state index < -0.39 is 11.9 Å². The maximum absolute atomic E-state index is 13.0. The molecule has 1 amide bonds. The second kappa shape index (κ2) is 6.35. The van der Waals surface area contributed by atoms with E-state index in [1.54, 1.807) is 13.0 Å². The van der Waals surface area contributed by atoms with Crippen molar-refractivity contribution in [3.8, 4) is 0 Å². The highest BCUT2D eigenvalue weighted by Crippen LogP contribution is 2.16. The minimum atomic E-state index is -0.817. The fourth-order valence-corrected chi connectivity index (χ4v) is 1.09. The van der Waals surface area contributed by atoms with Crippen LogP contribution in [0.2, 0.25) is 0 Å². The first-order chi connectivity index (χ1) is 8.40. The molecule has 1 N–H and O–H groups in total. The summed E-state index contributed by atoms with van der Waals surface area (Å²) in [5.74, 6) is -0.477. The Morgan fingerprint density at radius 2 is 2.17 bits per heavy atom. The largest absolute Gasteiger partial charge is 0.437 e. The van der Waals surface area contributed by atoms with E-state index in [9.17, 15) is 9.18 Å². The van der Waals surface area contributed by atoms with Gasteiger partial charge < -0.3 is 0 Å². The van der Waals surface area contributed by atoms with E-state index in [-0.39, 0.29) is 11.1 Å². The topological polar surface area (TPSA) is 50.7 Å². The molecule has 0 heterocycles. The number of rotatable bonds is 3. The average molecular weight is 273 g/mol. The van der Waals surface area contributed by atoms with Gasteiger partial charge in [-0.05, 0) is 24.6 Å². The van der Waals surface area contributed by atoms with Crippen LogP contribution in [0.25, 0.3) is 0 Å². The maximum Gasteiger partial charge on any atom is 0.437 e. The molecule has 0 bridgehead atoms. The Labute approximate surface area is 110 Å². The van der Waals surface area contributed by atoms with Crippen LogP contribution >= 0.6 is 11.6 Å². The van der Waals surface area contributed by atoms with Gasteiger partial charge in [-0.1, -0.05) is 36.7 Å². The summed E-state index contributed by atoms with van der Waals surface area (Å²) in [4.78, 5) is 15.9. The van der Waals surface area contributed by atoms with Gasteiger partial charge in [0.1, 0.15) is 11.0 Å². The Balaban J connectivity index is 2.65. The van der Waals surface area contributed by atoms with Crippen LogP contribution in [0.4, 0.5) is 14.9 Å². The lowest BCUT2D eigenvalue weighted by Crippen LogP contribution is -2.13. The quantitative estimate of drug-likeness (QED) is 0.515. The molecule has 0 aliphatic heterocycles. The second-order valence-corrected chi connectivity index (χ2v) is 4.42. The number of carbonyl (C=O) groups is 1. The van der Waals surface area contributed by atoms with E-state index in [1.807, 2.05) is 13.8 Å². The number of hydrogen-bond acceptors (Lipinski definition) is 3. The predicted molar refractivity (Wildman–Crippen MR) is 69.4 cm³/mol. The van der Waals surface area contributed by atoms with Gasteiger partial charge in [-0.25, -0.2) is 9.18 Å². The zero-order valence-corrected chi connectivity index (χ0v) is 11.1. The minimum absolute atomic E-state index is 0.0321. The summed E-state index contributed by atoms with van der Waals surface area (Å²) >= 11 is 5.70. The molecule has 0 saturated carbocycles. The first kappa shape index (κ1) is 14.4. The molecule has 1 aromatic rings. The monoisotopic (exact) mass is 272 g/mol. The zero-order valence-electron chi connectivity index (χ0n) is 10.3. The molecule has 4 nitrogen and oxygen atoms in total. The van der Waals surface area contributed by atoms with E-state index >= 15 is 0 Å². The van der Waals surface area contributed by atoms with Crippen LogP contribution < -0.4 is 5.32 Å². The van der Waals surface area contributed by atoms with Gasteiger partial charge in [0.2, 0.25) is 0 Å². The highest BCUT2D eigenvalue weighted by molar-refractivity contribution is 6.65. The molecule has 0 saturated heterocycles. The number of oxime groups is 1. The molecule has 0 fully saturated rings. The van der Waals surface area contributed by atoms with Crippen molar-refractivity contribution in [2.24, 2.45) is 11.1 Å². The molecule has 18 heavy (non-hydrogen) atoms. The molecule has 1 rings (SSSR count). The Bertz CT molecular complexity index is 475. The first-order valence-corrected chi connectivity index (χ1v) is 5.75. The van der Waals surface area contributed by atoms with Crippen LogP contribution in [-0.4, -0.2) is 11.3 Å². The first-order valence-electron chi connectivity index (χ1n) is 5.37. The second-order valence-electron chi connectivity index (χ2n) is 4.03. The van der Waals surface area contributed by atoms with Crippen LogP contribution in [0.5, 0.6) is 0 Å². The number of carbonyl (C=O) groups excluding carboxylic acids is 1. The Hall–Kier alpha value is -1.62. The van der Waals surface area contributed by atoms with Crippen LogP contribution in [0.1, 0.15) is 19.4 Å². The summed E-state index contributed by atoms with van der Waals surface area (Å²) in [6.07, 6.45) is -0.817. The number of nitrogens with one attached hydrogen (secondary N) is 1. The number of benzene rings is 1. The van der Waals surface area contributed by atoms with Gasteiger partial charge >= 0.3 is 6.09 Å². The number of nitrogens with zero attached hydrogens (tertiary/aromatic N) is 1. The van der Waals surface area contributed by atoms with Crippen molar-refractivity contribution in [2.45, 2.75) is 20.8 Å². The van der Waals surface area contributed by atoms with Crippen molar-refractivity contribution in [1.82, 2.24) is 0 Å². The summed E-state index contributed by atoms with van der Waals surface area (Å²) < 4.78 is 13.0. The third-order valence-electron chi connectivity index (χ3n) is 2.13. The molecule has 0 unspecified atom stereocenters. The maximum atomic E-state index is 13.0. The van der Waals surface area contributed by atoms with E-state index in [0.717, 1.165) is 0 Å². The zero-order chi connectivity index (χ0) is 13.7. The Morgan fingerprint density at radius 3 is 2.78 bits per heavy atom. The molecular weight excluding hydrogens is 259 g/mol. The SMILES string of the molecule is Cc1ccc(F)cc1NC(=O)O/N=C(\Cl)C(C)C. The lowest BCUT2D eigenvalue weighted by atomic mass is 10.2. The number of aryl methyl sites for hydroxylation is 1. The molecule has 98 valence electrons. The molecular formula is C12H14ClFN2O2. The summed E-state index contributed by atoms with van der Waals surface area (Å²) in [6, 6.07) is 4.05. The third-order valence-corrected chi connectivity index (χ3v) is 2.63. The molecule has 6 heteroatoms. The van der Waals surface area contributed by atoms with Crippen molar-refractivity contribution >= 4 is 28.6 Å². The van der Waals surface area contributed by atoms with Crippen molar-refractivity contribution < 1.29 is 14.0 Å². The van der Waals surface area contributed by atoms with Gasteiger partial charge in [-0.3, -0.25) is 10.2 Å². The minimum Gasteiger partial charge on any atom is -0.297 e. The highest BCUT2D eigenvalue weighted by atomic mass is 35.5. The van der Waals surface area contributed by atoms with Gasteiger partial charge in [0.05, 0.1) is 0 Å². The predicted octanol–water partition coefficient (Wildman–Crippen LogP) is 3.89. The summed E-state index contributed by atoms with van der Waals surface area (Å²) in [7, 11) is 0. The molecule has 0 radical (unpaired) electrons. The normalized spacial score (nSPS) is 11.6. The molecule has 0 aromatic heterocycles. The van der Waals surface area contributed by atoms with E-state index in [0.29, 0.717) is 11.3 Å². The summed E-state index contributed by atoms with van der Waals surface area (Å²) in [5, 5.41) is 6.01. The molecule has 0 atom stereocenters. The van der Waals surface area contributed by atoms with Gasteiger partial charge in [-0.2, -0.15) is 0 Å². The van der Waals surface area contributed by atoms with Gasteiger partial charge in [0.15, 0.2) is 0 Å². The van der Waals surface area contributed by atoms with E-state index in [4.69, 9.17) is 11.6 Å². The van der Waals surface area contributed by atoms with Crippen LogP contribution in [0.15, 0.2) is 23.4 Å². The number of amides is 1. The van der Waals surface area contributed by atoms with Crippen molar-refractivity contribution in [2.75, 3.05) is 5.32 Å². The fraction of sp³-hybridized carbons (Fsp3) is 0.333. The third kappa shape index (κ3) is 4.33. The lowest BCUT2D eigenvalue weighted by Gasteiger charge is -2.07. The van der Waals surface area contributed by atoms with Gasteiger partial charge in [0, 0.05) is 11.6 Å². The van der Waals surface area contributed by atoms with Crippen molar-refractivity contribution in [3.05, 3.63) is 29.6 Å².